The van der Waals surface area contributed by atoms with Gasteiger partial charge in [-0.3, -0.25) is 4.98 Å². The van der Waals surface area contributed by atoms with Gasteiger partial charge in [0, 0.05) is 18.3 Å². The van der Waals surface area contributed by atoms with Crippen LogP contribution in [0.5, 0.6) is 0 Å². The maximum absolute atomic E-state index is 5.61. The Morgan fingerprint density at radius 1 is 1.39 bits per heavy atom. The molecule has 4 heteroatoms. The second kappa shape index (κ2) is 5.78. The highest BCUT2D eigenvalue weighted by molar-refractivity contribution is 5.13. The molecule has 1 aromatic rings. The lowest BCUT2D eigenvalue weighted by atomic mass is 10.1. The molecule has 1 N–H and O–H groups in total. The molecule has 0 unspecified atom stereocenters. The molecule has 0 aliphatic carbocycles. The predicted molar refractivity (Wildman–Crippen MR) is 70.2 cm³/mol. The number of pyridine rings is 1. The van der Waals surface area contributed by atoms with Crippen molar-refractivity contribution in [1.29, 1.82) is 0 Å². The summed E-state index contributed by atoms with van der Waals surface area (Å²) in [5.74, 6) is 0. The van der Waals surface area contributed by atoms with E-state index in [0.717, 1.165) is 12.2 Å². The second-order valence-corrected chi connectivity index (χ2v) is 5.73. The van der Waals surface area contributed by atoms with E-state index in [4.69, 9.17) is 9.47 Å². The summed E-state index contributed by atoms with van der Waals surface area (Å²) < 4.78 is 10.7. The van der Waals surface area contributed by atoms with Gasteiger partial charge in [-0.2, -0.15) is 0 Å². The predicted octanol–water partition coefficient (Wildman–Crippen LogP) is 1.89. The highest BCUT2D eigenvalue weighted by Gasteiger charge is 2.18. The molecule has 2 rings (SSSR count). The van der Waals surface area contributed by atoms with Crippen LogP contribution in [0.2, 0.25) is 0 Å². The second-order valence-electron chi connectivity index (χ2n) is 5.73. The van der Waals surface area contributed by atoms with Crippen molar-refractivity contribution in [1.82, 2.24) is 10.3 Å². The topological polar surface area (TPSA) is 43.4 Å². The fourth-order valence-corrected chi connectivity index (χ4v) is 1.53. The molecule has 0 spiro atoms. The van der Waals surface area contributed by atoms with Gasteiger partial charge in [-0.25, -0.2) is 0 Å². The first-order chi connectivity index (χ1) is 8.53. The molecule has 0 saturated carbocycles. The van der Waals surface area contributed by atoms with Crippen molar-refractivity contribution >= 4 is 0 Å². The lowest BCUT2D eigenvalue weighted by molar-refractivity contribution is -0.135. The van der Waals surface area contributed by atoms with E-state index in [0.29, 0.717) is 19.8 Å². The van der Waals surface area contributed by atoms with Crippen LogP contribution in [0.3, 0.4) is 0 Å². The molecule has 1 saturated heterocycles. The molecular formula is C14H22N2O2. The summed E-state index contributed by atoms with van der Waals surface area (Å²) in [5.41, 5.74) is 2.30. The molecular weight excluding hydrogens is 228 g/mol. The van der Waals surface area contributed by atoms with Crippen molar-refractivity contribution in [3.05, 3.63) is 29.6 Å². The van der Waals surface area contributed by atoms with Crippen LogP contribution in [0.4, 0.5) is 0 Å². The van der Waals surface area contributed by atoms with Gasteiger partial charge in [0.1, 0.15) is 6.10 Å². The Morgan fingerprint density at radius 2 is 2.17 bits per heavy atom. The summed E-state index contributed by atoms with van der Waals surface area (Å²) in [4.78, 5) is 4.40. The van der Waals surface area contributed by atoms with Crippen LogP contribution in [0.1, 0.15) is 32.0 Å². The van der Waals surface area contributed by atoms with Crippen LogP contribution in [0.15, 0.2) is 18.3 Å². The molecule has 0 bridgehead atoms. The van der Waals surface area contributed by atoms with Crippen molar-refractivity contribution in [2.24, 2.45) is 0 Å². The smallest absolute Gasteiger partial charge is 0.105 e. The van der Waals surface area contributed by atoms with Crippen molar-refractivity contribution in [2.45, 2.75) is 45.6 Å². The molecule has 100 valence electrons. The van der Waals surface area contributed by atoms with Crippen LogP contribution in [0, 0.1) is 0 Å². The molecule has 1 aromatic heterocycles. The quantitative estimate of drug-likeness (QED) is 0.866. The minimum atomic E-state index is 0.131. The van der Waals surface area contributed by atoms with Crippen LogP contribution >= 0.6 is 0 Å². The number of rotatable bonds is 5. The Morgan fingerprint density at radius 3 is 2.67 bits per heavy atom. The van der Waals surface area contributed by atoms with Crippen LogP contribution in [0.25, 0.3) is 0 Å². The highest BCUT2D eigenvalue weighted by Crippen LogP contribution is 2.09. The van der Waals surface area contributed by atoms with Gasteiger partial charge in [-0.1, -0.05) is 6.07 Å². The third-order valence-corrected chi connectivity index (χ3v) is 2.78. The molecule has 4 nitrogen and oxygen atoms in total. The van der Waals surface area contributed by atoms with Crippen molar-refractivity contribution < 1.29 is 9.47 Å². The Hall–Kier alpha value is -0.970. The Balaban J connectivity index is 1.77. The van der Waals surface area contributed by atoms with Crippen LogP contribution in [-0.4, -0.2) is 29.8 Å². The Kier molecular flexibility index (Phi) is 4.32. The van der Waals surface area contributed by atoms with Gasteiger partial charge in [0.05, 0.1) is 25.5 Å². The Labute approximate surface area is 109 Å². The minimum absolute atomic E-state index is 0.131. The van der Waals surface area contributed by atoms with E-state index < -0.39 is 0 Å². The maximum atomic E-state index is 5.61. The summed E-state index contributed by atoms with van der Waals surface area (Å²) in [5, 5.41) is 3.44. The minimum Gasteiger partial charge on any atom is -0.376 e. The van der Waals surface area contributed by atoms with E-state index in [2.05, 4.69) is 37.1 Å². The van der Waals surface area contributed by atoms with Gasteiger partial charge in [-0.15, -0.1) is 0 Å². The molecule has 0 atom stereocenters. The molecule has 0 radical (unpaired) electrons. The molecule has 2 heterocycles. The monoisotopic (exact) mass is 250 g/mol. The first-order valence-corrected chi connectivity index (χ1v) is 6.41. The molecule has 1 aliphatic heterocycles. The van der Waals surface area contributed by atoms with Crippen molar-refractivity contribution in [3.8, 4) is 0 Å². The summed E-state index contributed by atoms with van der Waals surface area (Å²) in [6.45, 7) is 9.31. The zero-order valence-electron chi connectivity index (χ0n) is 11.4. The number of hydrogen-bond acceptors (Lipinski definition) is 4. The first kappa shape index (κ1) is 13.5. The number of nitrogens with one attached hydrogen (secondary N) is 1. The molecule has 0 amide bonds. The molecule has 1 aliphatic rings. The largest absolute Gasteiger partial charge is 0.376 e. The van der Waals surface area contributed by atoms with Crippen LogP contribution < -0.4 is 5.32 Å². The van der Waals surface area contributed by atoms with E-state index in [1.54, 1.807) is 0 Å². The summed E-state index contributed by atoms with van der Waals surface area (Å²) >= 11 is 0. The van der Waals surface area contributed by atoms with Gasteiger partial charge < -0.3 is 14.8 Å². The number of aromatic nitrogens is 1. The fraction of sp³-hybridized carbons (Fsp3) is 0.643. The highest BCUT2D eigenvalue weighted by atomic mass is 16.6. The van der Waals surface area contributed by atoms with Crippen molar-refractivity contribution in [2.75, 3.05) is 13.2 Å². The summed E-state index contributed by atoms with van der Waals surface area (Å²) in [7, 11) is 0. The first-order valence-electron chi connectivity index (χ1n) is 6.41. The van der Waals surface area contributed by atoms with Crippen molar-refractivity contribution in [3.63, 3.8) is 0 Å². The molecule has 1 fully saturated rings. The molecule has 0 aromatic carbocycles. The van der Waals surface area contributed by atoms with E-state index in [9.17, 15) is 0 Å². The van der Waals surface area contributed by atoms with Gasteiger partial charge in [0.2, 0.25) is 0 Å². The van der Waals surface area contributed by atoms with Gasteiger partial charge in [0.25, 0.3) is 0 Å². The standard InChI is InChI=1S/C14H22N2O2/c1-14(2,3)16-7-11-4-5-12(15-6-11)8-18-13-9-17-10-13/h4-6,13,16H,7-10H2,1-3H3. The number of hydrogen-bond donors (Lipinski definition) is 1. The average Bonchev–Trinajstić information content (AvgIpc) is 2.25. The number of nitrogens with zero attached hydrogens (tertiary/aromatic N) is 1. The third-order valence-electron chi connectivity index (χ3n) is 2.78. The van der Waals surface area contributed by atoms with Gasteiger partial charge in [-0.05, 0) is 32.4 Å². The maximum Gasteiger partial charge on any atom is 0.105 e. The SMILES string of the molecule is CC(C)(C)NCc1ccc(COC2COC2)nc1. The van der Waals surface area contributed by atoms with E-state index in [1.807, 2.05) is 12.3 Å². The lowest BCUT2D eigenvalue weighted by Crippen LogP contribution is -2.36. The number of ether oxygens (including phenoxy) is 2. The van der Waals surface area contributed by atoms with E-state index in [1.165, 1.54) is 5.56 Å². The van der Waals surface area contributed by atoms with Crippen LogP contribution in [-0.2, 0) is 22.6 Å². The zero-order valence-corrected chi connectivity index (χ0v) is 11.4. The zero-order chi connectivity index (χ0) is 13.0. The summed E-state index contributed by atoms with van der Waals surface area (Å²) in [6, 6.07) is 4.13. The van der Waals surface area contributed by atoms with Gasteiger partial charge in [0.15, 0.2) is 0 Å². The lowest BCUT2D eigenvalue weighted by Gasteiger charge is -2.25. The Bertz CT molecular complexity index is 366. The normalized spacial score (nSPS) is 16.6. The fourth-order valence-electron chi connectivity index (χ4n) is 1.53. The van der Waals surface area contributed by atoms with Gasteiger partial charge >= 0.3 is 0 Å². The summed E-state index contributed by atoms with van der Waals surface area (Å²) in [6.07, 6.45) is 2.17. The average molecular weight is 250 g/mol. The third kappa shape index (κ3) is 4.37. The van der Waals surface area contributed by atoms with E-state index in [-0.39, 0.29) is 11.6 Å². The molecule has 18 heavy (non-hydrogen) atoms. The van der Waals surface area contributed by atoms with E-state index >= 15 is 0 Å².